The van der Waals surface area contributed by atoms with Crippen LogP contribution in [0.1, 0.15) is 64.4 Å². The Morgan fingerprint density at radius 3 is 2.30 bits per heavy atom. The van der Waals surface area contributed by atoms with Crippen LogP contribution in [0.4, 0.5) is 0 Å². The Hall–Kier alpha value is -1.31. The predicted octanol–water partition coefficient (Wildman–Crippen LogP) is 5.12. The Balaban J connectivity index is 2.40. The third-order valence-corrected chi connectivity index (χ3v) is 3.62. The second kappa shape index (κ2) is 10.5. The first-order chi connectivity index (χ1) is 9.77. The van der Waals surface area contributed by atoms with Gasteiger partial charge in [-0.1, -0.05) is 76.3 Å². The number of carbonyl (C=O) groups is 1. The molecular formula is C18H28O2. The smallest absolute Gasteiger partial charge is 0.309 e. The van der Waals surface area contributed by atoms with Crippen molar-refractivity contribution in [2.45, 2.75) is 65.4 Å². The largest absolute Gasteiger partial charge is 0.461 e. The monoisotopic (exact) mass is 276 g/mol. The van der Waals surface area contributed by atoms with Crippen molar-refractivity contribution < 1.29 is 9.53 Å². The van der Waals surface area contributed by atoms with Crippen molar-refractivity contribution in [3.05, 3.63) is 35.9 Å². The summed E-state index contributed by atoms with van der Waals surface area (Å²) in [5.41, 5.74) is 1.06. The van der Waals surface area contributed by atoms with Crippen molar-refractivity contribution in [2.75, 3.05) is 0 Å². The number of rotatable bonds is 10. The number of benzene rings is 1. The van der Waals surface area contributed by atoms with Gasteiger partial charge in [-0.25, -0.2) is 0 Å². The molecule has 2 nitrogen and oxygen atoms in total. The van der Waals surface area contributed by atoms with E-state index >= 15 is 0 Å². The highest BCUT2D eigenvalue weighted by Crippen LogP contribution is 2.19. The molecule has 0 saturated carbocycles. The summed E-state index contributed by atoms with van der Waals surface area (Å²) < 4.78 is 5.48. The molecule has 0 bridgehead atoms. The molecule has 0 radical (unpaired) electrons. The van der Waals surface area contributed by atoms with Crippen LogP contribution in [0.25, 0.3) is 0 Å². The van der Waals surface area contributed by atoms with Gasteiger partial charge in [0.05, 0.1) is 5.92 Å². The van der Waals surface area contributed by atoms with Gasteiger partial charge in [0.2, 0.25) is 0 Å². The average Bonchev–Trinajstić information content (AvgIpc) is 2.49. The fraction of sp³-hybridized carbons (Fsp3) is 0.611. The van der Waals surface area contributed by atoms with E-state index in [1.807, 2.05) is 30.3 Å². The second-order valence-corrected chi connectivity index (χ2v) is 5.43. The SMILES string of the molecule is CCCCCC(CCCC)C(=O)OCc1ccccc1. The van der Waals surface area contributed by atoms with Crippen LogP contribution in [-0.4, -0.2) is 5.97 Å². The normalized spacial score (nSPS) is 12.1. The standard InChI is InChI=1S/C18H28O2/c1-3-5-8-14-17(13-6-4-2)18(19)20-15-16-11-9-7-10-12-16/h7,9-12,17H,3-6,8,13-15H2,1-2H3. The summed E-state index contributed by atoms with van der Waals surface area (Å²) in [6, 6.07) is 9.90. The van der Waals surface area contributed by atoms with Gasteiger partial charge in [-0.15, -0.1) is 0 Å². The van der Waals surface area contributed by atoms with Crippen LogP contribution in [0, 0.1) is 5.92 Å². The summed E-state index contributed by atoms with van der Waals surface area (Å²) in [5.74, 6) is 0.0728. The van der Waals surface area contributed by atoms with Gasteiger partial charge in [-0.3, -0.25) is 4.79 Å². The molecule has 1 atom stereocenters. The minimum atomic E-state index is -0.0154. The number of carbonyl (C=O) groups excluding carboxylic acids is 1. The van der Waals surface area contributed by atoms with Crippen LogP contribution in [0.2, 0.25) is 0 Å². The lowest BCUT2D eigenvalue weighted by Crippen LogP contribution is -2.18. The summed E-state index contributed by atoms with van der Waals surface area (Å²) in [7, 11) is 0. The molecule has 0 aliphatic carbocycles. The van der Waals surface area contributed by atoms with Crippen molar-refractivity contribution in [1.29, 1.82) is 0 Å². The Morgan fingerprint density at radius 2 is 1.65 bits per heavy atom. The van der Waals surface area contributed by atoms with Gasteiger partial charge in [0.15, 0.2) is 0 Å². The zero-order valence-electron chi connectivity index (χ0n) is 12.9. The topological polar surface area (TPSA) is 26.3 Å². The van der Waals surface area contributed by atoms with E-state index in [9.17, 15) is 4.79 Å². The fourth-order valence-electron chi connectivity index (χ4n) is 2.32. The molecule has 0 saturated heterocycles. The number of hydrogen-bond acceptors (Lipinski definition) is 2. The lowest BCUT2D eigenvalue weighted by molar-refractivity contribution is -0.150. The van der Waals surface area contributed by atoms with Crippen molar-refractivity contribution in [3.8, 4) is 0 Å². The molecule has 0 fully saturated rings. The molecule has 112 valence electrons. The molecule has 0 amide bonds. The highest BCUT2D eigenvalue weighted by molar-refractivity contribution is 5.72. The number of hydrogen-bond donors (Lipinski definition) is 0. The minimum Gasteiger partial charge on any atom is -0.461 e. The van der Waals surface area contributed by atoms with Crippen LogP contribution < -0.4 is 0 Å². The quantitative estimate of drug-likeness (QED) is 0.438. The molecule has 0 aliphatic heterocycles. The van der Waals surface area contributed by atoms with E-state index in [-0.39, 0.29) is 11.9 Å². The maximum absolute atomic E-state index is 12.2. The average molecular weight is 276 g/mol. The molecule has 1 aromatic carbocycles. The second-order valence-electron chi connectivity index (χ2n) is 5.43. The van der Waals surface area contributed by atoms with Crippen LogP contribution in [0.15, 0.2) is 30.3 Å². The highest BCUT2D eigenvalue weighted by Gasteiger charge is 2.19. The van der Waals surface area contributed by atoms with E-state index in [2.05, 4.69) is 13.8 Å². The first-order valence-electron chi connectivity index (χ1n) is 7.98. The third kappa shape index (κ3) is 6.74. The number of ether oxygens (including phenoxy) is 1. The number of unbranched alkanes of at least 4 members (excludes halogenated alkanes) is 3. The summed E-state index contributed by atoms with van der Waals surface area (Å²) in [6.07, 6.45) is 7.71. The summed E-state index contributed by atoms with van der Waals surface area (Å²) in [6.45, 7) is 4.75. The molecule has 0 heterocycles. The van der Waals surface area contributed by atoms with Crippen LogP contribution in [0.3, 0.4) is 0 Å². The van der Waals surface area contributed by atoms with E-state index < -0.39 is 0 Å². The Morgan fingerprint density at radius 1 is 1.00 bits per heavy atom. The molecule has 1 rings (SSSR count). The van der Waals surface area contributed by atoms with Crippen molar-refractivity contribution in [2.24, 2.45) is 5.92 Å². The van der Waals surface area contributed by atoms with Crippen LogP contribution in [-0.2, 0) is 16.1 Å². The molecule has 0 N–H and O–H groups in total. The predicted molar refractivity (Wildman–Crippen MR) is 83.4 cm³/mol. The van der Waals surface area contributed by atoms with Crippen molar-refractivity contribution in [1.82, 2.24) is 0 Å². The first-order valence-corrected chi connectivity index (χ1v) is 7.98. The van der Waals surface area contributed by atoms with E-state index in [0.717, 1.165) is 37.7 Å². The Kier molecular flexibility index (Phi) is 8.77. The zero-order valence-corrected chi connectivity index (χ0v) is 12.9. The molecule has 20 heavy (non-hydrogen) atoms. The van der Waals surface area contributed by atoms with Gasteiger partial charge in [-0.05, 0) is 18.4 Å². The summed E-state index contributed by atoms with van der Waals surface area (Å²) in [5, 5.41) is 0. The molecule has 1 unspecified atom stereocenters. The maximum Gasteiger partial charge on any atom is 0.309 e. The minimum absolute atomic E-state index is 0.0154. The van der Waals surface area contributed by atoms with Gasteiger partial charge in [0.1, 0.15) is 6.61 Å². The third-order valence-electron chi connectivity index (χ3n) is 3.62. The van der Waals surface area contributed by atoms with Gasteiger partial charge >= 0.3 is 5.97 Å². The molecule has 0 aliphatic rings. The van der Waals surface area contributed by atoms with E-state index in [4.69, 9.17) is 4.74 Å². The van der Waals surface area contributed by atoms with Crippen molar-refractivity contribution >= 4 is 5.97 Å². The number of esters is 1. The first kappa shape index (κ1) is 16.7. The summed E-state index contributed by atoms with van der Waals surface area (Å²) in [4.78, 5) is 12.2. The van der Waals surface area contributed by atoms with Crippen LogP contribution >= 0.6 is 0 Å². The fourth-order valence-corrected chi connectivity index (χ4v) is 2.32. The molecule has 2 heteroatoms. The van der Waals surface area contributed by atoms with E-state index in [1.54, 1.807) is 0 Å². The molecule has 0 spiro atoms. The van der Waals surface area contributed by atoms with Gasteiger partial charge < -0.3 is 4.74 Å². The van der Waals surface area contributed by atoms with Gasteiger partial charge in [0.25, 0.3) is 0 Å². The molecule has 0 aromatic heterocycles. The molecular weight excluding hydrogens is 248 g/mol. The van der Waals surface area contributed by atoms with E-state index in [0.29, 0.717) is 6.61 Å². The summed E-state index contributed by atoms with van der Waals surface area (Å²) >= 11 is 0. The zero-order chi connectivity index (χ0) is 14.6. The molecule has 1 aromatic rings. The Bertz CT molecular complexity index is 359. The maximum atomic E-state index is 12.2. The van der Waals surface area contributed by atoms with Crippen molar-refractivity contribution in [3.63, 3.8) is 0 Å². The van der Waals surface area contributed by atoms with Crippen LogP contribution in [0.5, 0.6) is 0 Å². The lowest BCUT2D eigenvalue weighted by atomic mass is 9.95. The van der Waals surface area contributed by atoms with Gasteiger partial charge in [-0.2, -0.15) is 0 Å². The Labute approximate surface area is 123 Å². The lowest BCUT2D eigenvalue weighted by Gasteiger charge is -2.15. The highest BCUT2D eigenvalue weighted by atomic mass is 16.5. The van der Waals surface area contributed by atoms with E-state index in [1.165, 1.54) is 12.8 Å². The van der Waals surface area contributed by atoms with Gasteiger partial charge in [0, 0.05) is 0 Å².